The van der Waals surface area contributed by atoms with Crippen molar-refractivity contribution in [2.45, 2.75) is 0 Å². The van der Waals surface area contributed by atoms with Crippen LogP contribution in [0.5, 0.6) is 0 Å². The normalized spacial score (nSPS) is 11.1. The molecule has 0 unspecified atom stereocenters. The molecule has 0 heterocycles. The highest BCUT2D eigenvalue weighted by molar-refractivity contribution is 9.10. The molecule has 68 heavy (non-hydrogen) atoms. The SMILES string of the molecule is Brc1ccc(-c2cc(-c3ccc(Br)cc3)cc(-c3ccc(-c4ccc(-c5c(-c6ccccc6)c(-c6ccccc6)c(-c6ccccc6)c(-c6ccccc6)c5-c5ccccc5)cc4)cc3)c2)cc1. The third-order valence-electron chi connectivity index (χ3n) is 12.8. The minimum absolute atomic E-state index is 1.07. The molecule has 322 valence electrons. The first-order chi connectivity index (χ1) is 33.6. The van der Waals surface area contributed by atoms with Gasteiger partial charge in [-0.2, -0.15) is 0 Å². The highest BCUT2D eigenvalue weighted by atomic mass is 79.9. The lowest BCUT2D eigenvalue weighted by atomic mass is 9.74. The van der Waals surface area contributed by atoms with E-state index in [1.807, 2.05) is 0 Å². The summed E-state index contributed by atoms with van der Waals surface area (Å²) in [6, 6.07) is 97.1. The van der Waals surface area contributed by atoms with E-state index < -0.39 is 0 Å². The van der Waals surface area contributed by atoms with Gasteiger partial charge < -0.3 is 0 Å². The lowest BCUT2D eigenvalue weighted by Gasteiger charge is -2.29. The van der Waals surface area contributed by atoms with E-state index in [9.17, 15) is 0 Å². The summed E-state index contributed by atoms with van der Waals surface area (Å²) in [5.41, 5.74) is 23.7. The van der Waals surface area contributed by atoms with Crippen LogP contribution < -0.4 is 0 Å². The van der Waals surface area contributed by atoms with Gasteiger partial charge in [-0.15, -0.1) is 0 Å². The standard InChI is InChI=1S/C66H44Br2/c67-59-38-34-48(35-39-59)57-42-56(43-58(44-57)49-36-40-60(68)41-37-49)47-28-26-45(27-29-47)46-30-32-55(33-31-46)66-64(53-22-12-4-13-23-53)62(51-18-8-2-9-19-51)61(50-16-6-1-7-17-50)63(52-20-10-3-11-21-52)65(66)54-24-14-5-15-25-54/h1-44H. The van der Waals surface area contributed by atoms with Gasteiger partial charge in [-0.05, 0) is 154 Å². The molecule has 11 rings (SSSR count). The van der Waals surface area contributed by atoms with E-state index in [1.54, 1.807) is 0 Å². The maximum atomic E-state index is 3.62. The second kappa shape index (κ2) is 19.3. The largest absolute Gasteiger partial charge is 0.0622 e. The summed E-state index contributed by atoms with van der Waals surface area (Å²) in [5.74, 6) is 0. The van der Waals surface area contributed by atoms with E-state index in [1.165, 1.54) is 100 Å². The Kier molecular flexibility index (Phi) is 12.2. The second-order valence-corrected chi connectivity index (χ2v) is 18.9. The van der Waals surface area contributed by atoms with Gasteiger partial charge in [-0.25, -0.2) is 0 Å². The Morgan fingerprint density at radius 3 is 0.529 bits per heavy atom. The fraction of sp³-hybridized carbons (Fsp3) is 0. The fourth-order valence-electron chi connectivity index (χ4n) is 9.60. The predicted molar refractivity (Wildman–Crippen MR) is 296 cm³/mol. The Morgan fingerprint density at radius 2 is 0.309 bits per heavy atom. The predicted octanol–water partition coefficient (Wildman–Crippen LogP) is 19.9. The number of hydrogen-bond acceptors (Lipinski definition) is 0. The molecule has 0 aliphatic heterocycles. The van der Waals surface area contributed by atoms with Gasteiger partial charge >= 0.3 is 0 Å². The van der Waals surface area contributed by atoms with Crippen molar-refractivity contribution in [3.05, 3.63) is 276 Å². The smallest absolute Gasteiger partial charge is 0.0175 e. The molecule has 0 nitrogen and oxygen atoms in total. The average molecular weight is 997 g/mol. The van der Waals surface area contributed by atoms with Crippen molar-refractivity contribution in [2.75, 3.05) is 0 Å². The number of halogens is 2. The zero-order valence-corrected chi connectivity index (χ0v) is 40.3. The van der Waals surface area contributed by atoms with E-state index in [0.29, 0.717) is 0 Å². The molecule has 11 aromatic carbocycles. The zero-order valence-electron chi connectivity index (χ0n) is 37.2. The Labute approximate surface area is 416 Å². The average Bonchev–Trinajstić information content (AvgIpc) is 3.41. The van der Waals surface area contributed by atoms with E-state index in [0.717, 1.165) is 20.1 Å². The van der Waals surface area contributed by atoms with E-state index in [-0.39, 0.29) is 0 Å². The van der Waals surface area contributed by atoms with Crippen molar-refractivity contribution in [1.82, 2.24) is 0 Å². The first-order valence-corrected chi connectivity index (χ1v) is 24.5. The van der Waals surface area contributed by atoms with Crippen molar-refractivity contribution in [3.8, 4) is 111 Å². The van der Waals surface area contributed by atoms with Crippen LogP contribution in [0.15, 0.2) is 276 Å². The van der Waals surface area contributed by atoms with Gasteiger partial charge in [0.15, 0.2) is 0 Å². The molecule has 0 atom stereocenters. The van der Waals surface area contributed by atoms with Crippen molar-refractivity contribution >= 4 is 31.9 Å². The summed E-state index contributed by atoms with van der Waals surface area (Å²) in [6.07, 6.45) is 0. The van der Waals surface area contributed by atoms with Gasteiger partial charge in [0.25, 0.3) is 0 Å². The Morgan fingerprint density at radius 1 is 0.147 bits per heavy atom. The molecule has 0 spiro atoms. The minimum Gasteiger partial charge on any atom is -0.0622 e. The van der Waals surface area contributed by atoms with Crippen molar-refractivity contribution in [1.29, 1.82) is 0 Å². The zero-order chi connectivity index (χ0) is 45.8. The van der Waals surface area contributed by atoms with Crippen molar-refractivity contribution in [3.63, 3.8) is 0 Å². The van der Waals surface area contributed by atoms with Crippen LogP contribution in [0.4, 0.5) is 0 Å². The first-order valence-electron chi connectivity index (χ1n) is 22.9. The van der Waals surface area contributed by atoms with Gasteiger partial charge in [-0.3, -0.25) is 0 Å². The molecular weight excluding hydrogens is 953 g/mol. The number of benzene rings is 11. The monoisotopic (exact) mass is 994 g/mol. The summed E-state index contributed by atoms with van der Waals surface area (Å²) in [7, 11) is 0. The molecule has 2 heteroatoms. The van der Waals surface area contributed by atoms with Gasteiger partial charge in [0.2, 0.25) is 0 Å². The fourth-order valence-corrected chi connectivity index (χ4v) is 10.1. The maximum Gasteiger partial charge on any atom is 0.0175 e. The highest BCUT2D eigenvalue weighted by Crippen LogP contribution is 2.56. The molecular formula is C66H44Br2. The third-order valence-corrected chi connectivity index (χ3v) is 13.9. The molecule has 11 aromatic rings. The minimum atomic E-state index is 1.07. The molecule has 0 bridgehead atoms. The summed E-state index contributed by atoms with van der Waals surface area (Å²) in [5, 5.41) is 0. The van der Waals surface area contributed by atoms with Gasteiger partial charge in [-0.1, -0.05) is 256 Å². The van der Waals surface area contributed by atoms with Crippen LogP contribution in [-0.2, 0) is 0 Å². The van der Waals surface area contributed by atoms with Crippen molar-refractivity contribution < 1.29 is 0 Å². The van der Waals surface area contributed by atoms with Crippen LogP contribution in [0.2, 0.25) is 0 Å². The Balaban J connectivity index is 1.09. The number of hydrogen-bond donors (Lipinski definition) is 0. The molecule has 0 aromatic heterocycles. The topological polar surface area (TPSA) is 0 Å². The quantitative estimate of drug-likeness (QED) is 0.128. The Hall–Kier alpha value is -7.62. The molecule has 0 fully saturated rings. The van der Waals surface area contributed by atoms with Crippen LogP contribution >= 0.6 is 31.9 Å². The third kappa shape index (κ3) is 8.73. The molecule has 0 aliphatic rings. The lowest BCUT2D eigenvalue weighted by molar-refractivity contribution is 1.51. The highest BCUT2D eigenvalue weighted by Gasteiger charge is 2.29. The molecule has 0 radical (unpaired) electrons. The first kappa shape index (κ1) is 43.0. The van der Waals surface area contributed by atoms with Crippen LogP contribution in [0, 0.1) is 0 Å². The lowest BCUT2D eigenvalue weighted by Crippen LogP contribution is -2.02. The van der Waals surface area contributed by atoms with Crippen LogP contribution in [-0.4, -0.2) is 0 Å². The molecule has 0 saturated carbocycles. The molecule has 0 N–H and O–H groups in total. The summed E-state index contributed by atoms with van der Waals surface area (Å²) >= 11 is 7.25. The van der Waals surface area contributed by atoms with Gasteiger partial charge in [0, 0.05) is 8.95 Å². The van der Waals surface area contributed by atoms with Gasteiger partial charge in [0.1, 0.15) is 0 Å². The van der Waals surface area contributed by atoms with E-state index in [4.69, 9.17) is 0 Å². The van der Waals surface area contributed by atoms with Crippen LogP contribution in [0.25, 0.3) is 111 Å². The molecule has 0 aliphatic carbocycles. The van der Waals surface area contributed by atoms with Crippen LogP contribution in [0.3, 0.4) is 0 Å². The summed E-state index contributed by atoms with van der Waals surface area (Å²) < 4.78 is 2.13. The second-order valence-electron chi connectivity index (χ2n) is 17.0. The van der Waals surface area contributed by atoms with E-state index in [2.05, 4.69) is 299 Å². The number of rotatable bonds is 10. The van der Waals surface area contributed by atoms with Crippen LogP contribution in [0.1, 0.15) is 0 Å². The summed E-state index contributed by atoms with van der Waals surface area (Å²) in [6.45, 7) is 0. The Bertz CT molecular complexity index is 3310. The molecule has 0 saturated heterocycles. The van der Waals surface area contributed by atoms with Gasteiger partial charge in [0.05, 0.1) is 0 Å². The maximum absolute atomic E-state index is 3.62. The molecule has 0 amide bonds. The summed E-state index contributed by atoms with van der Waals surface area (Å²) in [4.78, 5) is 0. The van der Waals surface area contributed by atoms with E-state index >= 15 is 0 Å². The van der Waals surface area contributed by atoms with Crippen molar-refractivity contribution in [2.24, 2.45) is 0 Å².